The van der Waals surface area contributed by atoms with E-state index in [1.165, 1.54) is 0 Å². The zero-order valence-electron chi connectivity index (χ0n) is 17.5. The molecule has 0 aromatic heterocycles. The molecule has 0 spiro atoms. The van der Waals surface area contributed by atoms with Gasteiger partial charge in [-0.3, -0.25) is 14.5 Å². The Labute approximate surface area is 180 Å². The minimum atomic E-state index is -1.15. The average Bonchev–Trinajstić information content (AvgIpc) is 3.04. The van der Waals surface area contributed by atoms with Gasteiger partial charge in [0.05, 0.1) is 6.04 Å². The number of carbonyl (C=O) groups is 3. The molecule has 0 bridgehead atoms. The molecule has 2 aliphatic heterocycles. The van der Waals surface area contributed by atoms with E-state index in [0.29, 0.717) is 36.7 Å². The number of nitrogens with zero attached hydrogens (tertiary/aromatic N) is 1. The normalized spacial score (nSPS) is 20.9. The lowest BCUT2D eigenvalue weighted by Gasteiger charge is -2.25. The molecule has 31 heavy (non-hydrogen) atoms. The molecule has 1 fully saturated rings. The fraction of sp³-hybridized carbons (Fsp3) is 0.348. The molecule has 2 aromatic carbocycles. The largest absolute Gasteiger partial charge is 0.486 e. The zero-order valence-corrected chi connectivity index (χ0v) is 17.5. The van der Waals surface area contributed by atoms with Crippen LogP contribution in [-0.2, 0) is 15.1 Å². The van der Waals surface area contributed by atoms with Gasteiger partial charge >= 0.3 is 6.03 Å². The minimum Gasteiger partial charge on any atom is -0.486 e. The lowest BCUT2D eigenvalue weighted by atomic mass is 9.87. The topological polar surface area (TPSA) is 97.0 Å². The Bertz CT molecular complexity index is 1010. The highest BCUT2D eigenvalue weighted by Crippen LogP contribution is 2.33. The standard InChI is InChI=1S/C23H25N3O5/c1-3-23(17-7-5-4-6-8-17)21(28)26(22(29)25-23)14-20(27)24-15(2)16-9-10-18-19(13-16)31-12-11-30-18/h4-10,13,15H,3,11-12,14H2,1-2H3,(H,24,27)(H,25,29)/t15-,23+/m1/s1. The monoisotopic (exact) mass is 423 g/mol. The van der Waals surface area contributed by atoms with Crippen LogP contribution in [0.25, 0.3) is 0 Å². The molecule has 0 saturated carbocycles. The lowest BCUT2D eigenvalue weighted by Crippen LogP contribution is -2.45. The zero-order chi connectivity index (χ0) is 22.0. The minimum absolute atomic E-state index is 0.339. The summed E-state index contributed by atoms with van der Waals surface area (Å²) in [5, 5.41) is 5.63. The van der Waals surface area contributed by atoms with Crippen LogP contribution in [0.1, 0.15) is 37.4 Å². The fourth-order valence-electron chi connectivity index (χ4n) is 3.98. The first-order chi connectivity index (χ1) is 14.9. The molecule has 0 radical (unpaired) electrons. The van der Waals surface area contributed by atoms with Crippen molar-refractivity contribution in [3.63, 3.8) is 0 Å². The van der Waals surface area contributed by atoms with E-state index in [4.69, 9.17) is 9.47 Å². The van der Waals surface area contributed by atoms with Crippen molar-refractivity contribution in [1.82, 2.24) is 15.5 Å². The van der Waals surface area contributed by atoms with Gasteiger partial charge in [-0.2, -0.15) is 0 Å². The highest BCUT2D eigenvalue weighted by Gasteiger charge is 2.51. The molecule has 2 atom stereocenters. The van der Waals surface area contributed by atoms with Crippen LogP contribution >= 0.6 is 0 Å². The summed E-state index contributed by atoms with van der Waals surface area (Å²) in [5.41, 5.74) is 0.380. The summed E-state index contributed by atoms with van der Waals surface area (Å²) in [6.45, 7) is 4.29. The summed E-state index contributed by atoms with van der Waals surface area (Å²) >= 11 is 0. The van der Waals surface area contributed by atoms with Crippen molar-refractivity contribution in [2.75, 3.05) is 19.8 Å². The Kier molecular flexibility index (Phi) is 5.54. The molecule has 4 rings (SSSR count). The molecule has 1 saturated heterocycles. The first-order valence-electron chi connectivity index (χ1n) is 10.3. The number of fused-ring (bicyclic) bond motifs is 1. The van der Waals surface area contributed by atoms with Crippen LogP contribution in [0.2, 0.25) is 0 Å². The van der Waals surface area contributed by atoms with Crippen LogP contribution in [-0.4, -0.2) is 42.5 Å². The number of benzene rings is 2. The van der Waals surface area contributed by atoms with E-state index in [1.807, 2.05) is 44.2 Å². The number of nitrogens with one attached hydrogen (secondary N) is 2. The van der Waals surface area contributed by atoms with Crippen LogP contribution in [0.4, 0.5) is 4.79 Å². The Morgan fingerprint density at radius 2 is 1.84 bits per heavy atom. The number of hydrogen-bond acceptors (Lipinski definition) is 5. The Hall–Kier alpha value is -3.55. The highest BCUT2D eigenvalue weighted by molar-refractivity contribution is 6.09. The lowest BCUT2D eigenvalue weighted by molar-refractivity contribution is -0.135. The first kappa shape index (κ1) is 20.7. The van der Waals surface area contributed by atoms with Crippen molar-refractivity contribution in [2.24, 2.45) is 0 Å². The third-order valence-electron chi connectivity index (χ3n) is 5.72. The number of carbonyl (C=O) groups excluding carboxylic acids is 3. The van der Waals surface area contributed by atoms with Gasteiger partial charge in [0.15, 0.2) is 11.5 Å². The second-order valence-electron chi connectivity index (χ2n) is 7.64. The molecular weight excluding hydrogens is 398 g/mol. The van der Waals surface area contributed by atoms with E-state index in [2.05, 4.69) is 10.6 Å². The van der Waals surface area contributed by atoms with Crippen molar-refractivity contribution >= 4 is 17.8 Å². The summed E-state index contributed by atoms with van der Waals surface area (Å²) in [6.07, 6.45) is 0.382. The van der Waals surface area contributed by atoms with E-state index < -0.39 is 23.4 Å². The van der Waals surface area contributed by atoms with Crippen molar-refractivity contribution < 1.29 is 23.9 Å². The number of imide groups is 1. The van der Waals surface area contributed by atoms with Gasteiger partial charge in [-0.25, -0.2) is 4.79 Å². The molecule has 2 N–H and O–H groups in total. The summed E-state index contributed by atoms with van der Waals surface area (Å²) in [5.74, 6) is 0.457. The molecule has 4 amide bonds. The second kappa shape index (κ2) is 8.29. The van der Waals surface area contributed by atoms with E-state index in [-0.39, 0.29) is 12.6 Å². The van der Waals surface area contributed by atoms with Gasteiger partial charge in [0.1, 0.15) is 25.3 Å². The Morgan fingerprint density at radius 1 is 1.13 bits per heavy atom. The van der Waals surface area contributed by atoms with Gasteiger partial charge in [0, 0.05) is 0 Å². The molecule has 2 heterocycles. The number of ether oxygens (including phenoxy) is 2. The first-order valence-corrected chi connectivity index (χ1v) is 10.3. The van der Waals surface area contributed by atoms with Gasteiger partial charge in [0.25, 0.3) is 5.91 Å². The van der Waals surface area contributed by atoms with Crippen LogP contribution in [0.15, 0.2) is 48.5 Å². The maximum Gasteiger partial charge on any atom is 0.325 e. The molecule has 8 heteroatoms. The van der Waals surface area contributed by atoms with E-state index in [0.717, 1.165) is 10.5 Å². The van der Waals surface area contributed by atoms with Gasteiger partial charge in [-0.05, 0) is 36.6 Å². The predicted molar refractivity (Wildman–Crippen MR) is 113 cm³/mol. The Balaban J connectivity index is 1.45. The molecule has 8 nitrogen and oxygen atoms in total. The Morgan fingerprint density at radius 3 is 2.55 bits per heavy atom. The molecule has 162 valence electrons. The van der Waals surface area contributed by atoms with Crippen molar-refractivity contribution in [3.8, 4) is 11.5 Å². The molecule has 0 unspecified atom stereocenters. The van der Waals surface area contributed by atoms with Gasteiger partial charge in [-0.15, -0.1) is 0 Å². The smallest absolute Gasteiger partial charge is 0.325 e. The SMILES string of the molecule is CC[C@@]1(c2ccccc2)NC(=O)N(CC(=O)N[C@H](C)c2ccc3c(c2)OCCO3)C1=O. The van der Waals surface area contributed by atoms with Gasteiger partial charge in [0.2, 0.25) is 5.91 Å². The van der Waals surface area contributed by atoms with Crippen molar-refractivity contribution in [3.05, 3.63) is 59.7 Å². The van der Waals surface area contributed by atoms with Crippen LogP contribution in [0, 0.1) is 0 Å². The predicted octanol–water partition coefficient (Wildman–Crippen LogP) is 2.49. The summed E-state index contributed by atoms with van der Waals surface area (Å²) in [4.78, 5) is 39.4. The van der Waals surface area contributed by atoms with E-state index in [1.54, 1.807) is 18.2 Å². The number of urea groups is 1. The van der Waals surface area contributed by atoms with E-state index >= 15 is 0 Å². The average molecular weight is 423 g/mol. The summed E-state index contributed by atoms with van der Waals surface area (Å²) in [6, 6.07) is 13.6. The van der Waals surface area contributed by atoms with Gasteiger partial charge in [-0.1, -0.05) is 43.3 Å². The molecular formula is C23H25N3O5. The van der Waals surface area contributed by atoms with E-state index in [9.17, 15) is 14.4 Å². The summed E-state index contributed by atoms with van der Waals surface area (Å²) in [7, 11) is 0. The van der Waals surface area contributed by atoms with Crippen molar-refractivity contribution in [1.29, 1.82) is 0 Å². The molecule has 2 aromatic rings. The molecule has 0 aliphatic carbocycles. The van der Waals surface area contributed by atoms with Gasteiger partial charge < -0.3 is 20.1 Å². The number of amides is 4. The quantitative estimate of drug-likeness (QED) is 0.696. The fourth-order valence-corrected chi connectivity index (χ4v) is 3.98. The highest BCUT2D eigenvalue weighted by atomic mass is 16.6. The third-order valence-corrected chi connectivity index (χ3v) is 5.72. The third kappa shape index (κ3) is 3.81. The molecule has 2 aliphatic rings. The van der Waals surface area contributed by atoms with Crippen LogP contribution in [0.3, 0.4) is 0 Å². The van der Waals surface area contributed by atoms with Crippen LogP contribution < -0.4 is 20.1 Å². The number of rotatable bonds is 6. The van der Waals surface area contributed by atoms with Crippen molar-refractivity contribution in [2.45, 2.75) is 31.8 Å². The van der Waals surface area contributed by atoms with Crippen LogP contribution in [0.5, 0.6) is 11.5 Å². The maximum absolute atomic E-state index is 13.2. The second-order valence-corrected chi connectivity index (χ2v) is 7.64. The number of hydrogen-bond donors (Lipinski definition) is 2. The maximum atomic E-state index is 13.2. The summed E-state index contributed by atoms with van der Waals surface area (Å²) < 4.78 is 11.1.